The number of hydrogen-bond acceptors (Lipinski definition) is 5. The number of benzene rings is 2. The Labute approximate surface area is 156 Å². The van der Waals surface area contributed by atoms with E-state index in [1.807, 2.05) is 61.1 Å². The van der Waals surface area contributed by atoms with Gasteiger partial charge >= 0.3 is 5.97 Å². The SMILES string of the molecule is Cc1cc(C)cc(COC(=O)c2ccc(SCc3cscn3)cc2)c1. The Morgan fingerprint density at radius 3 is 2.48 bits per heavy atom. The van der Waals surface area contributed by atoms with E-state index in [-0.39, 0.29) is 5.97 Å². The van der Waals surface area contributed by atoms with Gasteiger partial charge in [-0.15, -0.1) is 23.1 Å². The number of thioether (sulfide) groups is 1. The molecule has 5 heteroatoms. The maximum absolute atomic E-state index is 12.2. The average Bonchev–Trinajstić information content (AvgIpc) is 3.11. The van der Waals surface area contributed by atoms with Gasteiger partial charge in [-0.1, -0.05) is 29.3 Å². The monoisotopic (exact) mass is 369 g/mol. The summed E-state index contributed by atoms with van der Waals surface area (Å²) < 4.78 is 5.43. The van der Waals surface area contributed by atoms with Gasteiger partial charge in [-0.2, -0.15) is 0 Å². The number of hydrogen-bond donors (Lipinski definition) is 0. The maximum Gasteiger partial charge on any atom is 0.338 e. The summed E-state index contributed by atoms with van der Waals surface area (Å²) in [6.07, 6.45) is 0. The first kappa shape index (κ1) is 17.7. The molecule has 0 aliphatic carbocycles. The van der Waals surface area contributed by atoms with Gasteiger partial charge in [-0.3, -0.25) is 0 Å². The molecule has 0 radical (unpaired) electrons. The molecule has 0 unspecified atom stereocenters. The highest BCUT2D eigenvalue weighted by atomic mass is 32.2. The minimum atomic E-state index is -0.296. The smallest absolute Gasteiger partial charge is 0.338 e. The van der Waals surface area contributed by atoms with Crippen molar-refractivity contribution in [3.8, 4) is 0 Å². The van der Waals surface area contributed by atoms with Gasteiger partial charge in [0.05, 0.1) is 16.8 Å². The van der Waals surface area contributed by atoms with Crippen LogP contribution >= 0.6 is 23.1 Å². The standard InChI is InChI=1S/C20H19NO2S2/c1-14-7-15(2)9-16(8-14)10-23-20(22)17-3-5-19(6-4-17)25-12-18-11-24-13-21-18/h3-9,11,13H,10,12H2,1-2H3. The van der Waals surface area contributed by atoms with Crippen molar-refractivity contribution in [2.45, 2.75) is 31.1 Å². The average molecular weight is 370 g/mol. The number of aromatic nitrogens is 1. The van der Waals surface area contributed by atoms with Crippen molar-refractivity contribution in [2.75, 3.05) is 0 Å². The van der Waals surface area contributed by atoms with Crippen LogP contribution in [0.1, 0.15) is 32.7 Å². The number of carbonyl (C=O) groups excluding carboxylic acids is 1. The van der Waals surface area contributed by atoms with E-state index in [4.69, 9.17) is 4.74 Å². The van der Waals surface area contributed by atoms with Crippen molar-refractivity contribution < 1.29 is 9.53 Å². The minimum absolute atomic E-state index is 0.293. The van der Waals surface area contributed by atoms with Crippen LogP contribution in [0.4, 0.5) is 0 Å². The van der Waals surface area contributed by atoms with Gasteiger partial charge in [0, 0.05) is 16.0 Å². The van der Waals surface area contributed by atoms with E-state index in [0.29, 0.717) is 12.2 Å². The van der Waals surface area contributed by atoms with Crippen LogP contribution in [0.2, 0.25) is 0 Å². The van der Waals surface area contributed by atoms with Crippen molar-refractivity contribution in [1.82, 2.24) is 4.98 Å². The number of thiazole rings is 1. The lowest BCUT2D eigenvalue weighted by Gasteiger charge is -2.08. The fourth-order valence-corrected chi connectivity index (χ4v) is 4.00. The van der Waals surface area contributed by atoms with Gasteiger partial charge in [0.2, 0.25) is 0 Å². The molecule has 0 aliphatic heterocycles. The van der Waals surface area contributed by atoms with Crippen LogP contribution in [0.5, 0.6) is 0 Å². The lowest BCUT2D eigenvalue weighted by molar-refractivity contribution is 0.0472. The second-order valence-corrected chi connectivity index (χ2v) is 7.63. The zero-order chi connectivity index (χ0) is 17.6. The maximum atomic E-state index is 12.2. The number of esters is 1. The molecule has 0 amide bonds. The van der Waals surface area contributed by atoms with E-state index in [9.17, 15) is 4.79 Å². The van der Waals surface area contributed by atoms with Crippen LogP contribution in [0.3, 0.4) is 0 Å². The molecule has 0 atom stereocenters. The Morgan fingerprint density at radius 2 is 1.84 bits per heavy atom. The van der Waals surface area contributed by atoms with Crippen LogP contribution in [0.25, 0.3) is 0 Å². The predicted molar refractivity (Wildman–Crippen MR) is 103 cm³/mol. The summed E-state index contributed by atoms with van der Waals surface area (Å²) in [5, 5.41) is 2.05. The van der Waals surface area contributed by atoms with E-state index in [1.54, 1.807) is 23.1 Å². The highest BCUT2D eigenvalue weighted by Gasteiger charge is 2.08. The Morgan fingerprint density at radius 1 is 1.12 bits per heavy atom. The Kier molecular flexibility index (Phi) is 5.89. The van der Waals surface area contributed by atoms with Crippen molar-refractivity contribution in [3.05, 3.63) is 81.3 Å². The van der Waals surface area contributed by atoms with E-state index in [0.717, 1.165) is 21.9 Å². The Balaban J connectivity index is 1.55. The molecule has 25 heavy (non-hydrogen) atoms. The molecule has 0 saturated heterocycles. The van der Waals surface area contributed by atoms with Gasteiger partial charge in [0.25, 0.3) is 0 Å². The number of rotatable bonds is 6. The molecule has 0 saturated carbocycles. The molecule has 0 fully saturated rings. The lowest BCUT2D eigenvalue weighted by Crippen LogP contribution is -2.05. The summed E-state index contributed by atoms with van der Waals surface area (Å²) in [5.41, 5.74) is 6.85. The molecular formula is C20H19NO2S2. The van der Waals surface area contributed by atoms with Crippen molar-refractivity contribution in [3.63, 3.8) is 0 Å². The molecule has 3 nitrogen and oxygen atoms in total. The van der Waals surface area contributed by atoms with Crippen LogP contribution < -0.4 is 0 Å². The first-order valence-corrected chi connectivity index (χ1v) is 9.87. The third-order valence-corrected chi connectivity index (χ3v) is 5.29. The van der Waals surface area contributed by atoms with Crippen LogP contribution in [0, 0.1) is 13.8 Å². The van der Waals surface area contributed by atoms with E-state index < -0.39 is 0 Å². The summed E-state index contributed by atoms with van der Waals surface area (Å²) in [6, 6.07) is 13.7. The summed E-state index contributed by atoms with van der Waals surface area (Å²) >= 11 is 3.30. The number of carbonyl (C=O) groups is 1. The second kappa shape index (κ2) is 8.32. The van der Waals surface area contributed by atoms with E-state index in [2.05, 4.69) is 11.1 Å². The molecule has 0 bridgehead atoms. The summed E-state index contributed by atoms with van der Waals surface area (Å²) in [7, 11) is 0. The van der Waals surface area contributed by atoms with Gasteiger partial charge < -0.3 is 4.74 Å². The zero-order valence-electron chi connectivity index (χ0n) is 14.2. The molecule has 3 rings (SSSR count). The largest absolute Gasteiger partial charge is 0.457 e. The van der Waals surface area contributed by atoms with Gasteiger partial charge in [0.15, 0.2) is 0 Å². The van der Waals surface area contributed by atoms with Crippen molar-refractivity contribution in [1.29, 1.82) is 0 Å². The molecule has 128 valence electrons. The van der Waals surface area contributed by atoms with Gasteiger partial charge in [-0.05, 0) is 43.7 Å². The third kappa shape index (κ3) is 5.18. The molecular weight excluding hydrogens is 350 g/mol. The lowest BCUT2D eigenvalue weighted by atomic mass is 10.1. The second-order valence-electron chi connectivity index (χ2n) is 5.86. The van der Waals surface area contributed by atoms with Crippen LogP contribution in [-0.4, -0.2) is 11.0 Å². The minimum Gasteiger partial charge on any atom is -0.457 e. The van der Waals surface area contributed by atoms with Crippen LogP contribution in [0.15, 0.2) is 58.3 Å². The first-order chi connectivity index (χ1) is 12.1. The summed E-state index contributed by atoms with van der Waals surface area (Å²) in [5.74, 6) is 0.537. The quantitative estimate of drug-likeness (QED) is 0.430. The molecule has 0 spiro atoms. The van der Waals surface area contributed by atoms with Crippen molar-refractivity contribution >= 4 is 29.1 Å². The Hall–Kier alpha value is -2.11. The van der Waals surface area contributed by atoms with E-state index in [1.165, 1.54) is 11.1 Å². The first-order valence-electron chi connectivity index (χ1n) is 7.94. The fourth-order valence-electron chi connectivity index (χ4n) is 2.54. The number of aryl methyl sites for hydroxylation is 2. The normalized spacial score (nSPS) is 10.6. The number of ether oxygens (including phenoxy) is 1. The summed E-state index contributed by atoms with van der Waals surface area (Å²) in [6.45, 7) is 4.38. The highest BCUT2D eigenvalue weighted by Crippen LogP contribution is 2.23. The third-order valence-electron chi connectivity index (χ3n) is 3.61. The molecule has 1 aromatic heterocycles. The molecule has 0 aliphatic rings. The fraction of sp³-hybridized carbons (Fsp3) is 0.200. The van der Waals surface area contributed by atoms with Crippen LogP contribution in [-0.2, 0) is 17.1 Å². The molecule has 0 N–H and O–H groups in total. The topological polar surface area (TPSA) is 39.2 Å². The predicted octanol–water partition coefficient (Wildman–Crippen LogP) is 5.41. The highest BCUT2D eigenvalue weighted by molar-refractivity contribution is 7.98. The van der Waals surface area contributed by atoms with Crippen molar-refractivity contribution in [2.24, 2.45) is 0 Å². The van der Waals surface area contributed by atoms with E-state index >= 15 is 0 Å². The molecule has 2 aromatic carbocycles. The molecule has 1 heterocycles. The van der Waals surface area contributed by atoms with Gasteiger partial charge in [0.1, 0.15) is 6.61 Å². The molecule has 3 aromatic rings. The van der Waals surface area contributed by atoms with Gasteiger partial charge in [-0.25, -0.2) is 9.78 Å². The summed E-state index contributed by atoms with van der Waals surface area (Å²) in [4.78, 5) is 17.6. The zero-order valence-corrected chi connectivity index (χ0v) is 15.8. The number of nitrogens with zero attached hydrogens (tertiary/aromatic N) is 1. The Bertz CT molecular complexity index is 822.